The van der Waals surface area contributed by atoms with E-state index in [-0.39, 0.29) is 19.7 Å². The summed E-state index contributed by atoms with van der Waals surface area (Å²) in [6, 6.07) is 7.71. The zero-order valence-corrected chi connectivity index (χ0v) is 13.3. The minimum Gasteiger partial charge on any atom is -0.371 e. The summed E-state index contributed by atoms with van der Waals surface area (Å²) in [7, 11) is -4.06. The third kappa shape index (κ3) is 3.45. The van der Waals surface area contributed by atoms with Crippen LogP contribution in [0.3, 0.4) is 0 Å². The number of hydrogen-bond donors (Lipinski definition) is 0. The highest BCUT2D eigenvalue weighted by molar-refractivity contribution is 7.89. The largest absolute Gasteiger partial charge is 0.371 e. The second kappa shape index (κ2) is 6.54. The molecule has 0 aliphatic carbocycles. The van der Waals surface area contributed by atoms with Crippen LogP contribution in [0, 0.1) is 17.5 Å². The fourth-order valence-corrected chi connectivity index (χ4v) is 4.02. The lowest BCUT2D eigenvalue weighted by atomic mass is 10.1. The molecule has 2 aromatic rings. The first-order valence-electron chi connectivity index (χ1n) is 7.19. The van der Waals surface area contributed by atoms with E-state index in [0.29, 0.717) is 11.6 Å². The second-order valence-corrected chi connectivity index (χ2v) is 7.32. The number of ether oxygens (including phenoxy) is 1. The van der Waals surface area contributed by atoms with Gasteiger partial charge in [0.05, 0.1) is 17.6 Å². The first-order chi connectivity index (χ1) is 11.4. The van der Waals surface area contributed by atoms with Gasteiger partial charge in [-0.3, -0.25) is 0 Å². The predicted octanol–water partition coefficient (Wildman–Crippen LogP) is 2.87. The van der Waals surface area contributed by atoms with Crippen molar-refractivity contribution in [2.24, 2.45) is 0 Å². The molecule has 1 atom stereocenters. The van der Waals surface area contributed by atoms with Crippen LogP contribution in [0.5, 0.6) is 0 Å². The van der Waals surface area contributed by atoms with Gasteiger partial charge in [-0.15, -0.1) is 0 Å². The normalized spacial score (nSPS) is 19.4. The van der Waals surface area contributed by atoms with Gasteiger partial charge in [-0.25, -0.2) is 21.6 Å². The highest BCUT2D eigenvalue weighted by Crippen LogP contribution is 2.27. The fraction of sp³-hybridized carbons (Fsp3) is 0.250. The molecule has 1 unspecified atom stereocenters. The molecule has 128 valence electrons. The molecule has 0 radical (unpaired) electrons. The Labute approximate surface area is 137 Å². The Morgan fingerprint density at radius 3 is 2.21 bits per heavy atom. The molecule has 0 saturated carbocycles. The Bertz CT molecular complexity index is 820. The monoisotopic (exact) mass is 357 g/mol. The third-order valence-corrected chi connectivity index (χ3v) is 5.59. The zero-order chi connectivity index (χ0) is 17.3. The molecular formula is C16H14F3NO3S. The zero-order valence-electron chi connectivity index (χ0n) is 12.5. The summed E-state index contributed by atoms with van der Waals surface area (Å²) >= 11 is 0. The van der Waals surface area contributed by atoms with Crippen molar-refractivity contribution in [3.05, 3.63) is 65.5 Å². The van der Waals surface area contributed by atoms with Crippen LogP contribution in [-0.2, 0) is 14.8 Å². The van der Waals surface area contributed by atoms with Gasteiger partial charge in [0.15, 0.2) is 0 Å². The van der Waals surface area contributed by atoms with Crippen molar-refractivity contribution < 1.29 is 26.3 Å². The summed E-state index contributed by atoms with van der Waals surface area (Å²) in [5.41, 5.74) is 0.627. The molecule has 0 N–H and O–H groups in total. The standard InChI is InChI=1S/C16H14F3NO3S/c17-12-3-1-11(2-4-12)16-10-20(5-6-23-16)24(21,22)15-8-13(18)7-14(19)9-15/h1-4,7-9,16H,5-6,10H2. The van der Waals surface area contributed by atoms with Gasteiger partial charge < -0.3 is 4.74 Å². The summed E-state index contributed by atoms with van der Waals surface area (Å²) < 4.78 is 71.5. The number of sulfonamides is 1. The molecule has 1 fully saturated rings. The number of hydrogen-bond acceptors (Lipinski definition) is 3. The lowest BCUT2D eigenvalue weighted by Crippen LogP contribution is -2.42. The number of benzene rings is 2. The van der Waals surface area contributed by atoms with Crippen LogP contribution in [0.2, 0.25) is 0 Å². The number of morpholine rings is 1. The van der Waals surface area contributed by atoms with Gasteiger partial charge in [0.2, 0.25) is 10.0 Å². The molecule has 1 aliphatic heterocycles. The van der Waals surface area contributed by atoms with Crippen LogP contribution in [-0.4, -0.2) is 32.4 Å². The van der Waals surface area contributed by atoms with Crippen molar-refractivity contribution in [1.29, 1.82) is 0 Å². The highest BCUT2D eigenvalue weighted by atomic mass is 32.2. The predicted molar refractivity (Wildman–Crippen MR) is 80.2 cm³/mol. The van der Waals surface area contributed by atoms with E-state index >= 15 is 0 Å². The highest BCUT2D eigenvalue weighted by Gasteiger charge is 2.32. The lowest BCUT2D eigenvalue weighted by Gasteiger charge is -2.32. The van der Waals surface area contributed by atoms with Gasteiger partial charge >= 0.3 is 0 Å². The van der Waals surface area contributed by atoms with E-state index in [4.69, 9.17) is 4.74 Å². The van der Waals surface area contributed by atoms with E-state index < -0.39 is 38.5 Å². The van der Waals surface area contributed by atoms with E-state index in [2.05, 4.69) is 0 Å². The minimum atomic E-state index is -4.06. The van der Waals surface area contributed by atoms with Crippen LogP contribution >= 0.6 is 0 Å². The molecule has 1 aliphatic rings. The molecular weight excluding hydrogens is 343 g/mol. The summed E-state index contributed by atoms with van der Waals surface area (Å²) in [6.45, 7) is 0.170. The van der Waals surface area contributed by atoms with Gasteiger partial charge in [0, 0.05) is 19.2 Å². The third-order valence-electron chi connectivity index (χ3n) is 3.74. The van der Waals surface area contributed by atoms with Crippen LogP contribution in [0.1, 0.15) is 11.7 Å². The van der Waals surface area contributed by atoms with E-state index in [1.807, 2.05) is 0 Å². The van der Waals surface area contributed by atoms with E-state index in [1.54, 1.807) is 0 Å². The Balaban J connectivity index is 1.86. The second-order valence-electron chi connectivity index (χ2n) is 5.38. The molecule has 0 bridgehead atoms. The van der Waals surface area contributed by atoms with Gasteiger partial charge in [0.25, 0.3) is 0 Å². The molecule has 0 amide bonds. The first kappa shape index (κ1) is 16.9. The molecule has 1 heterocycles. The van der Waals surface area contributed by atoms with Crippen LogP contribution in [0.15, 0.2) is 47.4 Å². The van der Waals surface area contributed by atoms with Crippen molar-refractivity contribution >= 4 is 10.0 Å². The summed E-state index contributed by atoms with van der Waals surface area (Å²) in [4.78, 5) is -0.445. The molecule has 0 spiro atoms. The molecule has 0 aromatic heterocycles. The van der Waals surface area contributed by atoms with Gasteiger partial charge in [-0.05, 0) is 29.8 Å². The maximum atomic E-state index is 13.3. The van der Waals surface area contributed by atoms with Crippen molar-refractivity contribution in [2.75, 3.05) is 19.7 Å². The van der Waals surface area contributed by atoms with Crippen molar-refractivity contribution in [3.8, 4) is 0 Å². The molecule has 1 saturated heterocycles. The number of rotatable bonds is 3. The minimum absolute atomic E-state index is 0.0217. The average Bonchev–Trinajstić information content (AvgIpc) is 2.55. The van der Waals surface area contributed by atoms with Crippen LogP contribution in [0.25, 0.3) is 0 Å². The maximum Gasteiger partial charge on any atom is 0.243 e. The molecule has 4 nitrogen and oxygen atoms in total. The molecule has 3 rings (SSSR count). The Morgan fingerprint density at radius 2 is 1.58 bits per heavy atom. The van der Waals surface area contributed by atoms with Gasteiger partial charge in [-0.2, -0.15) is 4.31 Å². The smallest absolute Gasteiger partial charge is 0.243 e. The average molecular weight is 357 g/mol. The SMILES string of the molecule is O=S(=O)(c1cc(F)cc(F)c1)N1CCOC(c2ccc(F)cc2)C1. The quantitative estimate of drug-likeness (QED) is 0.849. The Kier molecular flexibility index (Phi) is 4.62. The molecule has 8 heteroatoms. The van der Waals surface area contributed by atoms with Crippen LogP contribution in [0.4, 0.5) is 13.2 Å². The maximum absolute atomic E-state index is 13.3. The molecule has 2 aromatic carbocycles. The van der Waals surface area contributed by atoms with Crippen LogP contribution < -0.4 is 0 Å². The Hall–Kier alpha value is -1.90. The lowest BCUT2D eigenvalue weighted by molar-refractivity contribution is -0.00259. The Morgan fingerprint density at radius 1 is 0.958 bits per heavy atom. The summed E-state index contributed by atoms with van der Waals surface area (Å²) in [6.07, 6.45) is -0.576. The van der Waals surface area contributed by atoms with Crippen molar-refractivity contribution in [1.82, 2.24) is 4.31 Å². The van der Waals surface area contributed by atoms with Gasteiger partial charge in [-0.1, -0.05) is 12.1 Å². The molecule has 24 heavy (non-hydrogen) atoms. The summed E-state index contributed by atoms with van der Waals surface area (Å²) in [5, 5.41) is 0. The fourth-order valence-electron chi connectivity index (χ4n) is 2.55. The van der Waals surface area contributed by atoms with E-state index in [0.717, 1.165) is 16.4 Å². The van der Waals surface area contributed by atoms with E-state index in [1.165, 1.54) is 24.3 Å². The van der Waals surface area contributed by atoms with Crippen molar-refractivity contribution in [3.63, 3.8) is 0 Å². The number of nitrogens with zero attached hydrogens (tertiary/aromatic N) is 1. The number of halogens is 3. The van der Waals surface area contributed by atoms with E-state index in [9.17, 15) is 21.6 Å². The summed E-state index contributed by atoms with van der Waals surface area (Å²) in [5.74, 6) is -2.33. The first-order valence-corrected chi connectivity index (χ1v) is 8.63. The van der Waals surface area contributed by atoms with Gasteiger partial charge in [0.1, 0.15) is 17.5 Å². The van der Waals surface area contributed by atoms with Crippen molar-refractivity contribution in [2.45, 2.75) is 11.0 Å². The topological polar surface area (TPSA) is 46.6 Å².